The number of hydrogen-bond acceptors (Lipinski definition) is 1. The van der Waals surface area contributed by atoms with E-state index in [0.717, 1.165) is 12.8 Å². The monoisotopic (exact) mass is 160 g/mol. The molecule has 0 amide bonds. The average molecular weight is 160 g/mol. The van der Waals surface area contributed by atoms with Crippen molar-refractivity contribution in [3.8, 4) is 0 Å². The lowest BCUT2D eigenvalue weighted by Crippen LogP contribution is -2.12. The van der Waals surface area contributed by atoms with Crippen molar-refractivity contribution >= 4 is 0 Å². The molecule has 1 aromatic rings. The zero-order valence-corrected chi connectivity index (χ0v) is 7.21. The van der Waals surface area contributed by atoms with Gasteiger partial charge in [0.1, 0.15) is 5.60 Å². The van der Waals surface area contributed by atoms with E-state index in [1.165, 1.54) is 11.1 Å². The van der Waals surface area contributed by atoms with Crippen LogP contribution in [0.1, 0.15) is 18.1 Å². The molecule has 1 saturated heterocycles. The van der Waals surface area contributed by atoms with E-state index in [9.17, 15) is 0 Å². The highest BCUT2D eigenvalue weighted by Gasteiger charge is 2.56. The van der Waals surface area contributed by atoms with Crippen molar-refractivity contribution in [3.63, 3.8) is 0 Å². The molecular formula is C11H12O. The van der Waals surface area contributed by atoms with Crippen LogP contribution in [0.5, 0.6) is 0 Å². The Morgan fingerprint density at radius 3 is 2.17 bits per heavy atom. The molecule has 0 aromatic heterocycles. The van der Waals surface area contributed by atoms with Gasteiger partial charge in [0, 0.05) is 12.8 Å². The third-order valence-electron chi connectivity index (χ3n) is 3.19. The van der Waals surface area contributed by atoms with Crippen LogP contribution in [0.25, 0.3) is 0 Å². The summed E-state index contributed by atoms with van der Waals surface area (Å²) in [6, 6.07) is 8.67. The largest absolute Gasteiger partial charge is 0.366 e. The summed E-state index contributed by atoms with van der Waals surface area (Å²) in [5.74, 6) is 0. The molecule has 0 saturated carbocycles. The molecular weight excluding hydrogens is 148 g/mol. The van der Waals surface area contributed by atoms with Crippen molar-refractivity contribution in [2.45, 2.75) is 31.5 Å². The van der Waals surface area contributed by atoms with E-state index >= 15 is 0 Å². The standard InChI is InChI=1S/C11H12O/c1-8-11(12-8)6-9-4-2-3-5-10(9)7-11/h2-5,8H,6-7H2,1H3/t8-/m0/s1. The molecule has 3 rings (SSSR count). The van der Waals surface area contributed by atoms with Crippen LogP contribution >= 0.6 is 0 Å². The van der Waals surface area contributed by atoms with Crippen molar-refractivity contribution in [1.29, 1.82) is 0 Å². The summed E-state index contributed by atoms with van der Waals surface area (Å²) in [6.07, 6.45) is 2.74. The van der Waals surface area contributed by atoms with Crippen molar-refractivity contribution in [2.24, 2.45) is 0 Å². The molecule has 1 spiro atoms. The molecule has 12 heavy (non-hydrogen) atoms. The molecule has 62 valence electrons. The number of epoxide rings is 1. The number of ether oxygens (including phenoxy) is 1. The Labute approximate surface area is 72.4 Å². The predicted molar refractivity (Wildman–Crippen MR) is 47.1 cm³/mol. The summed E-state index contributed by atoms with van der Waals surface area (Å²) in [4.78, 5) is 0. The summed E-state index contributed by atoms with van der Waals surface area (Å²) in [7, 11) is 0. The van der Waals surface area contributed by atoms with Crippen molar-refractivity contribution < 1.29 is 4.74 Å². The molecule has 2 aliphatic rings. The van der Waals surface area contributed by atoms with Crippen molar-refractivity contribution in [1.82, 2.24) is 0 Å². The third kappa shape index (κ3) is 0.721. The highest BCUT2D eigenvalue weighted by atomic mass is 16.6. The van der Waals surface area contributed by atoms with Crippen LogP contribution < -0.4 is 0 Å². The molecule has 1 aliphatic carbocycles. The van der Waals surface area contributed by atoms with Crippen LogP contribution in [0.3, 0.4) is 0 Å². The minimum Gasteiger partial charge on any atom is -0.366 e. The molecule has 1 aliphatic heterocycles. The van der Waals surface area contributed by atoms with E-state index in [4.69, 9.17) is 4.74 Å². The Morgan fingerprint density at radius 1 is 1.25 bits per heavy atom. The highest BCUT2D eigenvalue weighted by molar-refractivity contribution is 5.38. The Balaban J connectivity index is 2.01. The lowest BCUT2D eigenvalue weighted by atomic mass is 10.0. The number of fused-ring (bicyclic) bond motifs is 1. The first-order chi connectivity index (χ1) is 5.80. The predicted octanol–water partition coefficient (Wildman–Crippen LogP) is 1.94. The number of hydrogen-bond donors (Lipinski definition) is 0. The van der Waals surface area contributed by atoms with Crippen LogP contribution in [0.4, 0.5) is 0 Å². The molecule has 0 unspecified atom stereocenters. The highest BCUT2D eigenvalue weighted by Crippen LogP contribution is 2.47. The van der Waals surface area contributed by atoms with Crippen LogP contribution in [0.2, 0.25) is 0 Å². The Kier molecular flexibility index (Phi) is 1.06. The molecule has 1 heterocycles. The maximum Gasteiger partial charge on any atom is 0.103 e. The van der Waals surface area contributed by atoms with E-state index in [-0.39, 0.29) is 5.60 Å². The van der Waals surface area contributed by atoms with Gasteiger partial charge in [-0.05, 0) is 18.1 Å². The van der Waals surface area contributed by atoms with Crippen molar-refractivity contribution in [2.75, 3.05) is 0 Å². The summed E-state index contributed by atoms with van der Waals surface area (Å²) < 4.78 is 5.65. The molecule has 1 fully saturated rings. The fourth-order valence-electron chi connectivity index (χ4n) is 2.30. The minimum absolute atomic E-state index is 0.212. The zero-order valence-electron chi connectivity index (χ0n) is 7.21. The Morgan fingerprint density at radius 2 is 1.75 bits per heavy atom. The van der Waals surface area contributed by atoms with Gasteiger partial charge in [-0.1, -0.05) is 24.3 Å². The fraction of sp³-hybridized carbons (Fsp3) is 0.455. The summed E-state index contributed by atoms with van der Waals surface area (Å²) >= 11 is 0. The number of rotatable bonds is 0. The van der Waals surface area contributed by atoms with Gasteiger partial charge in [0.25, 0.3) is 0 Å². The lowest BCUT2D eigenvalue weighted by molar-refractivity contribution is 0.303. The van der Waals surface area contributed by atoms with Crippen LogP contribution in [0, 0.1) is 0 Å². The van der Waals surface area contributed by atoms with Gasteiger partial charge >= 0.3 is 0 Å². The third-order valence-corrected chi connectivity index (χ3v) is 3.19. The van der Waals surface area contributed by atoms with Crippen LogP contribution in [-0.4, -0.2) is 11.7 Å². The Hall–Kier alpha value is -0.820. The smallest absolute Gasteiger partial charge is 0.103 e. The molecule has 0 N–H and O–H groups in total. The lowest BCUT2D eigenvalue weighted by Gasteiger charge is -1.97. The van der Waals surface area contributed by atoms with Gasteiger partial charge in [0.05, 0.1) is 6.10 Å². The quantitative estimate of drug-likeness (QED) is 0.528. The summed E-state index contributed by atoms with van der Waals surface area (Å²) in [5.41, 5.74) is 3.19. The first-order valence-electron chi connectivity index (χ1n) is 4.55. The number of benzene rings is 1. The van der Waals surface area contributed by atoms with E-state index in [2.05, 4.69) is 31.2 Å². The first kappa shape index (κ1) is 6.67. The summed E-state index contributed by atoms with van der Waals surface area (Å²) in [5, 5.41) is 0. The second-order valence-corrected chi connectivity index (χ2v) is 3.95. The van der Waals surface area contributed by atoms with Gasteiger partial charge in [0.15, 0.2) is 0 Å². The van der Waals surface area contributed by atoms with Gasteiger partial charge in [-0.15, -0.1) is 0 Å². The van der Waals surface area contributed by atoms with Gasteiger partial charge in [0.2, 0.25) is 0 Å². The summed E-state index contributed by atoms with van der Waals surface area (Å²) in [6.45, 7) is 2.17. The second-order valence-electron chi connectivity index (χ2n) is 3.95. The van der Waals surface area contributed by atoms with E-state index in [0.29, 0.717) is 6.10 Å². The normalized spacial score (nSPS) is 28.9. The fourth-order valence-corrected chi connectivity index (χ4v) is 2.30. The van der Waals surface area contributed by atoms with E-state index in [1.54, 1.807) is 0 Å². The molecule has 0 bridgehead atoms. The average Bonchev–Trinajstić information content (AvgIpc) is 2.57. The second kappa shape index (κ2) is 1.91. The van der Waals surface area contributed by atoms with E-state index < -0.39 is 0 Å². The SMILES string of the molecule is C[C@@H]1OC12Cc1ccccc1C2. The molecule has 1 aromatic carbocycles. The molecule has 0 radical (unpaired) electrons. The molecule has 1 atom stereocenters. The van der Waals surface area contributed by atoms with Crippen molar-refractivity contribution in [3.05, 3.63) is 35.4 Å². The topological polar surface area (TPSA) is 12.5 Å². The molecule has 1 nitrogen and oxygen atoms in total. The minimum atomic E-state index is 0.212. The zero-order chi connectivity index (χ0) is 8.18. The van der Waals surface area contributed by atoms with E-state index in [1.807, 2.05) is 0 Å². The van der Waals surface area contributed by atoms with Crippen LogP contribution in [-0.2, 0) is 17.6 Å². The maximum absolute atomic E-state index is 5.65. The first-order valence-corrected chi connectivity index (χ1v) is 4.55. The van der Waals surface area contributed by atoms with Gasteiger partial charge in [-0.2, -0.15) is 0 Å². The van der Waals surface area contributed by atoms with Crippen LogP contribution in [0.15, 0.2) is 24.3 Å². The van der Waals surface area contributed by atoms with Gasteiger partial charge in [-0.3, -0.25) is 0 Å². The Bertz CT molecular complexity index is 305. The maximum atomic E-state index is 5.65. The molecule has 1 heteroatoms. The van der Waals surface area contributed by atoms with Gasteiger partial charge < -0.3 is 4.74 Å². The van der Waals surface area contributed by atoms with Gasteiger partial charge in [-0.25, -0.2) is 0 Å².